The summed E-state index contributed by atoms with van der Waals surface area (Å²) in [4.78, 5) is 22.3. The lowest BCUT2D eigenvalue weighted by Crippen LogP contribution is -2.47. The maximum atomic E-state index is 12.8. The van der Waals surface area contributed by atoms with Gasteiger partial charge in [-0.1, -0.05) is 0 Å². The maximum absolute atomic E-state index is 12.8. The first-order valence-corrected chi connectivity index (χ1v) is 9.02. The molecule has 1 aliphatic heterocycles. The molecule has 1 aliphatic rings. The molecule has 0 radical (unpaired) electrons. The van der Waals surface area contributed by atoms with Crippen LogP contribution in [0.4, 0.5) is 0 Å². The summed E-state index contributed by atoms with van der Waals surface area (Å²) in [5.41, 5.74) is 1.70. The molecule has 134 valence electrons. The van der Waals surface area contributed by atoms with E-state index in [4.69, 9.17) is 9.47 Å². The molecule has 0 unspecified atom stereocenters. The average molecular weight is 361 g/mol. The first-order valence-electron chi connectivity index (χ1n) is 8.21. The van der Waals surface area contributed by atoms with Gasteiger partial charge in [0.25, 0.3) is 5.91 Å². The number of rotatable bonds is 4. The quantitative estimate of drug-likeness (QED) is 0.838. The van der Waals surface area contributed by atoms with Gasteiger partial charge in [-0.25, -0.2) is 4.98 Å². The third-order valence-corrected chi connectivity index (χ3v) is 5.61. The van der Waals surface area contributed by atoms with E-state index in [1.165, 1.54) is 11.3 Å². The Morgan fingerprint density at radius 1 is 1.12 bits per heavy atom. The maximum Gasteiger partial charge on any atom is 0.265 e. The Kier molecular flexibility index (Phi) is 5.24. The van der Waals surface area contributed by atoms with Crippen LogP contribution in [0.5, 0.6) is 11.5 Å². The number of hydrogen-bond donors (Lipinski definition) is 0. The van der Waals surface area contributed by atoms with Crippen LogP contribution in [0.1, 0.15) is 15.4 Å². The van der Waals surface area contributed by atoms with Crippen molar-refractivity contribution in [1.82, 2.24) is 14.8 Å². The Morgan fingerprint density at radius 3 is 2.44 bits per heavy atom. The Balaban J connectivity index is 1.86. The first-order chi connectivity index (χ1) is 12.0. The standard InChI is InChI=1S/C18H23N3O3S/c1-12-16(18(22)21-9-7-20(2)8-10-21)25-17(19-12)13-5-6-14(23-3)15(11-13)24-4/h5-6,11H,7-10H2,1-4H3. The van der Waals surface area contributed by atoms with Gasteiger partial charge in [0.1, 0.15) is 9.88 Å². The van der Waals surface area contributed by atoms with Crippen molar-refractivity contribution in [2.24, 2.45) is 0 Å². The van der Waals surface area contributed by atoms with Crippen molar-refractivity contribution in [3.8, 4) is 22.1 Å². The number of thiazole rings is 1. The number of carbonyl (C=O) groups is 1. The number of amides is 1. The normalized spacial score (nSPS) is 15.3. The summed E-state index contributed by atoms with van der Waals surface area (Å²) >= 11 is 1.44. The lowest BCUT2D eigenvalue weighted by molar-refractivity contribution is 0.0668. The highest BCUT2D eigenvalue weighted by molar-refractivity contribution is 7.17. The van der Waals surface area contributed by atoms with Crippen LogP contribution in [0.25, 0.3) is 10.6 Å². The molecule has 1 amide bonds. The highest BCUT2D eigenvalue weighted by Gasteiger charge is 2.24. The SMILES string of the molecule is COc1ccc(-c2nc(C)c(C(=O)N3CCN(C)CC3)s2)cc1OC. The van der Waals surface area contributed by atoms with Crippen molar-refractivity contribution in [3.05, 3.63) is 28.8 Å². The van der Waals surface area contributed by atoms with E-state index in [9.17, 15) is 4.79 Å². The van der Waals surface area contributed by atoms with Crippen LogP contribution in [0.2, 0.25) is 0 Å². The summed E-state index contributed by atoms with van der Waals surface area (Å²) in [6, 6.07) is 5.68. The molecule has 0 saturated carbocycles. The van der Waals surface area contributed by atoms with Crippen molar-refractivity contribution in [2.75, 3.05) is 47.4 Å². The third kappa shape index (κ3) is 3.62. The van der Waals surface area contributed by atoms with E-state index in [0.717, 1.165) is 42.4 Å². The van der Waals surface area contributed by atoms with E-state index >= 15 is 0 Å². The van der Waals surface area contributed by atoms with Crippen LogP contribution < -0.4 is 9.47 Å². The molecular weight excluding hydrogens is 338 g/mol. The van der Waals surface area contributed by atoms with E-state index in [1.807, 2.05) is 30.0 Å². The van der Waals surface area contributed by atoms with Crippen LogP contribution in [0.15, 0.2) is 18.2 Å². The summed E-state index contributed by atoms with van der Waals surface area (Å²) in [6.45, 7) is 5.24. The molecular formula is C18H23N3O3S. The monoisotopic (exact) mass is 361 g/mol. The highest BCUT2D eigenvalue weighted by Crippen LogP contribution is 2.35. The molecule has 1 aromatic heterocycles. The van der Waals surface area contributed by atoms with Gasteiger partial charge in [0.15, 0.2) is 11.5 Å². The minimum atomic E-state index is 0.0785. The van der Waals surface area contributed by atoms with Crippen molar-refractivity contribution < 1.29 is 14.3 Å². The Labute approximate surface area is 152 Å². The third-order valence-electron chi connectivity index (χ3n) is 4.41. The Hall–Kier alpha value is -2.12. The lowest BCUT2D eigenvalue weighted by Gasteiger charge is -2.32. The number of carbonyl (C=O) groups excluding carboxylic acids is 1. The molecule has 0 spiro atoms. The number of methoxy groups -OCH3 is 2. The molecule has 7 heteroatoms. The average Bonchev–Trinajstić information content (AvgIpc) is 3.02. The summed E-state index contributed by atoms with van der Waals surface area (Å²) in [6.07, 6.45) is 0. The van der Waals surface area contributed by atoms with Crippen LogP contribution >= 0.6 is 11.3 Å². The van der Waals surface area contributed by atoms with Crippen molar-refractivity contribution in [2.45, 2.75) is 6.92 Å². The van der Waals surface area contributed by atoms with Gasteiger partial charge in [-0.15, -0.1) is 11.3 Å². The van der Waals surface area contributed by atoms with E-state index in [0.29, 0.717) is 16.4 Å². The van der Waals surface area contributed by atoms with Gasteiger partial charge in [-0.3, -0.25) is 4.79 Å². The summed E-state index contributed by atoms with van der Waals surface area (Å²) in [5.74, 6) is 1.41. The van der Waals surface area contributed by atoms with Gasteiger partial charge < -0.3 is 19.3 Å². The summed E-state index contributed by atoms with van der Waals surface area (Å²) in [5, 5.41) is 0.816. The number of piperazine rings is 1. The molecule has 0 bridgehead atoms. The van der Waals surface area contributed by atoms with E-state index in [1.54, 1.807) is 14.2 Å². The number of hydrogen-bond acceptors (Lipinski definition) is 6. The van der Waals surface area contributed by atoms with Crippen LogP contribution in [-0.2, 0) is 0 Å². The van der Waals surface area contributed by atoms with E-state index in [2.05, 4.69) is 16.9 Å². The second kappa shape index (κ2) is 7.41. The summed E-state index contributed by atoms with van der Waals surface area (Å²) < 4.78 is 10.6. The molecule has 1 saturated heterocycles. The van der Waals surface area contributed by atoms with Gasteiger partial charge in [0.05, 0.1) is 19.9 Å². The number of aromatic nitrogens is 1. The molecule has 2 heterocycles. The van der Waals surface area contributed by atoms with Gasteiger partial charge in [-0.2, -0.15) is 0 Å². The molecule has 1 fully saturated rings. The number of likely N-dealkylation sites (N-methyl/N-ethyl adjacent to an activating group) is 1. The Bertz CT molecular complexity index is 767. The summed E-state index contributed by atoms with van der Waals surface area (Å²) in [7, 11) is 5.30. The van der Waals surface area contributed by atoms with Gasteiger partial charge in [0.2, 0.25) is 0 Å². The molecule has 0 atom stereocenters. The van der Waals surface area contributed by atoms with Crippen LogP contribution in [0, 0.1) is 6.92 Å². The second-order valence-electron chi connectivity index (χ2n) is 6.10. The minimum Gasteiger partial charge on any atom is -0.493 e. The molecule has 3 rings (SSSR count). The predicted octanol–water partition coefficient (Wildman–Crippen LogP) is 2.52. The van der Waals surface area contributed by atoms with Gasteiger partial charge >= 0.3 is 0 Å². The molecule has 25 heavy (non-hydrogen) atoms. The van der Waals surface area contributed by atoms with E-state index in [-0.39, 0.29) is 5.91 Å². The smallest absolute Gasteiger partial charge is 0.265 e. The topological polar surface area (TPSA) is 54.9 Å². The number of ether oxygens (including phenoxy) is 2. The fraction of sp³-hybridized carbons (Fsp3) is 0.444. The fourth-order valence-electron chi connectivity index (χ4n) is 2.84. The van der Waals surface area contributed by atoms with Crippen molar-refractivity contribution in [3.63, 3.8) is 0 Å². The lowest BCUT2D eigenvalue weighted by atomic mass is 10.2. The number of aryl methyl sites for hydroxylation is 1. The fourth-order valence-corrected chi connectivity index (χ4v) is 3.87. The largest absolute Gasteiger partial charge is 0.493 e. The molecule has 1 aromatic carbocycles. The molecule has 2 aromatic rings. The van der Waals surface area contributed by atoms with Gasteiger partial charge in [0, 0.05) is 31.7 Å². The zero-order valence-corrected chi connectivity index (χ0v) is 15.9. The van der Waals surface area contributed by atoms with E-state index < -0.39 is 0 Å². The minimum absolute atomic E-state index is 0.0785. The zero-order chi connectivity index (χ0) is 18.0. The van der Waals surface area contributed by atoms with Crippen LogP contribution in [0.3, 0.4) is 0 Å². The molecule has 0 N–H and O–H groups in total. The van der Waals surface area contributed by atoms with Crippen LogP contribution in [-0.4, -0.2) is 68.1 Å². The van der Waals surface area contributed by atoms with Crippen molar-refractivity contribution >= 4 is 17.2 Å². The number of nitrogens with zero attached hydrogens (tertiary/aromatic N) is 3. The molecule has 6 nitrogen and oxygen atoms in total. The highest BCUT2D eigenvalue weighted by atomic mass is 32.1. The predicted molar refractivity (Wildman–Crippen MR) is 98.8 cm³/mol. The van der Waals surface area contributed by atoms with Gasteiger partial charge in [-0.05, 0) is 32.2 Å². The zero-order valence-electron chi connectivity index (χ0n) is 15.0. The first kappa shape index (κ1) is 17.7. The number of benzene rings is 1. The second-order valence-corrected chi connectivity index (χ2v) is 7.10. The van der Waals surface area contributed by atoms with Crippen molar-refractivity contribution in [1.29, 1.82) is 0 Å². The molecule has 0 aliphatic carbocycles. The Morgan fingerprint density at radius 2 is 1.80 bits per heavy atom.